The number of rotatable bonds is 7. The molecular weight excluding hydrogens is 414 g/mol. The molecule has 2 aromatic carbocycles. The zero-order valence-corrected chi connectivity index (χ0v) is 18.4. The monoisotopic (exact) mass is 441 g/mol. The predicted octanol–water partition coefficient (Wildman–Crippen LogP) is 4.35. The average Bonchev–Trinajstić information content (AvgIpc) is 3.18. The summed E-state index contributed by atoms with van der Waals surface area (Å²) in [6, 6.07) is 14.2. The van der Waals surface area contributed by atoms with Crippen LogP contribution in [0.3, 0.4) is 0 Å². The summed E-state index contributed by atoms with van der Waals surface area (Å²) in [6.45, 7) is 1.79. The summed E-state index contributed by atoms with van der Waals surface area (Å²) in [5, 5.41) is 7.92. The van der Waals surface area contributed by atoms with Crippen molar-refractivity contribution in [3.05, 3.63) is 54.3 Å². The predicted molar refractivity (Wildman–Crippen MR) is 119 cm³/mol. The first-order valence-electron chi connectivity index (χ1n) is 10.6. The number of hydrogen-bond donors (Lipinski definition) is 1. The number of nitrogens with one attached hydrogen (secondary N) is 1. The van der Waals surface area contributed by atoms with Crippen LogP contribution < -0.4 is 5.32 Å². The van der Waals surface area contributed by atoms with Gasteiger partial charge in [0.25, 0.3) is 0 Å². The smallest absolute Gasteiger partial charge is 0.244 e. The molecule has 7 nitrogen and oxygen atoms in total. The van der Waals surface area contributed by atoms with E-state index in [1.54, 1.807) is 31.2 Å². The van der Waals surface area contributed by atoms with Crippen LogP contribution in [0.2, 0.25) is 0 Å². The van der Waals surface area contributed by atoms with Crippen LogP contribution in [0.5, 0.6) is 0 Å². The van der Waals surface area contributed by atoms with E-state index in [9.17, 15) is 13.2 Å². The topological polar surface area (TPSA) is 92.5 Å². The molecule has 1 fully saturated rings. The quantitative estimate of drug-likeness (QED) is 0.589. The van der Waals surface area contributed by atoms with E-state index in [4.69, 9.17) is 4.52 Å². The molecule has 0 spiro atoms. The summed E-state index contributed by atoms with van der Waals surface area (Å²) in [6.07, 6.45) is 5.32. The fourth-order valence-electron chi connectivity index (χ4n) is 4.23. The number of nitrogens with zero attached hydrogens (tertiary/aromatic N) is 2. The molecule has 1 aliphatic rings. The first-order chi connectivity index (χ1) is 14.9. The van der Waals surface area contributed by atoms with Crippen LogP contribution >= 0.6 is 0 Å². The van der Waals surface area contributed by atoms with Crippen LogP contribution in [0.25, 0.3) is 10.8 Å². The first kappa shape index (κ1) is 21.5. The van der Waals surface area contributed by atoms with Crippen molar-refractivity contribution in [2.75, 3.05) is 18.4 Å². The highest BCUT2D eigenvalue weighted by atomic mass is 32.2. The highest BCUT2D eigenvalue weighted by Crippen LogP contribution is 2.29. The van der Waals surface area contributed by atoms with Gasteiger partial charge in [0.2, 0.25) is 15.9 Å². The molecule has 8 heteroatoms. The molecule has 0 radical (unpaired) electrons. The van der Waals surface area contributed by atoms with E-state index in [-0.39, 0.29) is 23.2 Å². The van der Waals surface area contributed by atoms with Gasteiger partial charge < -0.3 is 9.84 Å². The number of hydrogen-bond acceptors (Lipinski definition) is 5. The van der Waals surface area contributed by atoms with Gasteiger partial charge in [0.15, 0.2) is 5.82 Å². The highest BCUT2D eigenvalue weighted by molar-refractivity contribution is 7.89. The minimum Gasteiger partial charge on any atom is -0.360 e. The standard InChI is InChI=1S/C23H27N3O4S/c1-17-14-22(25-30-17)24-23(27)16-26(15-18-8-3-2-4-9-18)31(28,29)21-13-7-11-19-10-5-6-12-20(19)21/h5-7,10-14,18H,2-4,8-9,15-16H2,1H3,(H,24,25,27). The molecule has 1 heterocycles. The number of fused-ring (bicyclic) bond motifs is 1. The Labute approximate surface area is 182 Å². The molecule has 0 aliphatic heterocycles. The van der Waals surface area contributed by atoms with Gasteiger partial charge in [-0.3, -0.25) is 4.79 Å². The normalized spacial score (nSPS) is 15.4. The van der Waals surface area contributed by atoms with E-state index in [2.05, 4.69) is 10.5 Å². The third-order valence-electron chi connectivity index (χ3n) is 5.77. The van der Waals surface area contributed by atoms with Gasteiger partial charge in [0.1, 0.15) is 5.76 Å². The molecule has 1 aliphatic carbocycles. The summed E-state index contributed by atoms with van der Waals surface area (Å²) in [5.41, 5.74) is 0. The lowest BCUT2D eigenvalue weighted by atomic mass is 9.89. The summed E-state index contributed by atoms with van der Waals surface area (Å²) in [5.74, 6) is 0.661. The fourth-order valence-corrected chi connectivity index (χ4v) is 5.92. The van der Waals surface area contributed by atoms with Crippen LogP contribution in [0, 0.1) is 12.8 Å². The van der Waals surface area contributed by atoms with Gasteiger partial charge in [-0.15, -0.1) is 0 Å². The second kappa shape index (κ2) is 9.20. The Balaban J connectivity index is 1.64. The lowest BCUT2D eigenvalue weighted by Gasteiger charge is -2.29. The maximum Gasteiger partial charge on any atom is 0.244 e. The van der Waals surface area contributed by atoms with Gasteiger partial charge in [-0.2, -0.15) is 4.31 Å². The second-order valence-corrected chi connectivity index (χ2v) is 10.1. The van der Waals surface area contributed by atoms with Crippen molar-refractivity contribution in [3.63, 3.8) is 0 Å². The molecule has 0 bridgehead atoms. The second-order valence-electron chi connectivity index (χ2n) is 8.15. The highest BCUT2D eigenvalue weighted by Gasteiger charge is 2.31. The van der Waals surface area contributed by atoms with E-state index < -0.39 is 15.9 Å². The molecule has 0 atom stereocenters. The van der Waals surface area contributed by atoms with Crippen molar-refractivity contribution >= 4 is 32.5 Å². The molecule has 1 N–H and O–H groups in total. The van der Waals surface area contributed by atoms with Crippen molar-refractivity contribution in [1.82, 2.24) is 9.46 Å². The van der Waals surface area contributed by atoms with E-state index in [1.165, 1.54) is 10.7 Å². The molecule has 1 aromatic heterocycles. The van der Waals surface area contributed by atoms with Crippen molar-refractivity contribution in [2.24, 2.45) is 5.92 Å². The van der Waals surface area contributed by atoms with Crippen LogP contribution in [0.15, 0.2) is 57.9 Å². The molecular formula is C23H27N3O4S. The SMILES string of the molecule is Cc1cc(NC(=O)CN(CC2CCCCC2)S(=O)(=O)c2cccc3ccccc23)no1. The van der Waals surface area contributed by atoms with E-state index in [0.29, 0.717) is 17.7 Å². The van der Waals surface area contributed by atoms with E-state index in [1.807, 2.05) is 24.3 Å². The number of carbonyl (C=O) groups excluding carboxylic acids is 1. The van der Waals surface area contributed by atoms with Crippen molar-refractivity contribution in [1.29, 1.82) is 0 Å². The van der Waals surface area contributed by atoms with Crippen molar-refractivity contribution in [2.45, 2.75) is 43.9 Å². The van der Waals surface area contributed by atoms with E-state index >= 15 is 0 Å². The largest absolute Gasteiger partial charge is 0.360 e. The first-order valence-corrected chi connectivity index (χ1v) is 12.1. The van der Waals surface area contributed by atoms with Gasteiger partial charge in [-0.25, -0.2) is 8.42 Å². The molecule has 0 saturated heterocycles. The molecule has 1 saturated carbocycles. The third kappa shape index (κ3) is 4.97. The molecule has 31 heavy (non-hydrogen) atoms. The lowest BCUT2D eigenvalue weighted by molar-refractivity contribution is -0.116. The Morgan fingerprint density at radius 2 is 1.87 bits per heavy atom. The van der Waals surface area contributed by atoms with Gasteiger partial charge >= 0.3 is 0 Å². The van der Waals surface area contributed by atoms with Crippen LogP contribution in [-0.4, -0.2) is 36.9 Å². The Kier molecular flexibility index (Phi) is 6.38. The van der Waals surface area contributed by atoms with Gasteiger partial charge in [-0.05, 0) is 37.1 Å². The summed E-state index contributed by atoms with van der Waals surface area (Å²) >= 11 is 0. The molecule has 3 aromatic rings. The van der Waals surface area contributed by atoms with Gasteiger partial charge in [0, 0.05) is 18.0 Å². The Bertz CT molecular complexity index is 1160. The Morgan fingerprint density at radius 3 is 2.61 bits per heavy atom. The fraction of sp³-hybridized carbons (Fsp3) is 0.391. The number of amides is 1. The summed E-state index contributed by atoms with van der Waals surface area (Å²) < 4.78 is 33.8. The number of aromatic nitrogens is 1. The number of aryl methyl sites for hydroxylation is 1. The van der Waals surface area contributed by atoms with Crippen LogP contribution in [0.1, 0.15) is 37.9 Å². The zero-order valence-electron chi connectivity index (χ0n) is 17.6. The summed E-state index contributed by atoms with van der Waals surface area (Å²) in [4.78, 5) is 12.9. The number of anilines is 1. The molecule has 0 unspecified atom stereocenters. The molecule has 164 valence electrons. The van der Waals surface area contributed by atoms with Crippen molar-refractivity contribution < 1.29 is 17.7 Å². The van der Waals surface area contributed by atoms with Crippen LogP contribution in [-0.2, 0) is 14.8 Å². The van der Waals surface area contributed by atoms with Crippen LogP contribution in [0.4, 0.5) is 5.82 Å². The number of carbonyl (C=O) groups is 1. The maximum absolute atomic E-state index is 13.7. The summed E-state index contributed by atoms with van der Waals surface area (Å²) in [7, 11) is -3.88. The maximum atomic E-state index is 13.7. The number of benzene rings is 2. The average molecular weight is 442 g/mol. The zero-order chi connectivity index (χ0) is 21.8. The van der Waals surface area contributed by atoms with Gasteiger partial charge in [0.05, 0.1) is 11.4 Å². The third-order valence-corrected chi connectivity index (χ3v) is 7.64. The number of sulfonamides is 1. The minimum atomic E-state index is -3.88. The Morgan fingerprint density at radius 1 is 1.13 bits per heavy atom. The Hall–Kier alpha value is -2.71. The van der Waals surface area contributed by atoms with E-state index in [0.717, 1.165) is 31.1 Å². The molecule has 1 amide bonds. The lowest BCUT2D eigenvalue weighted by Crippen LogP contribution is -2.41. The molecule has 4 rings (SSSR count). The minimum absolute atomic E-state index is 0.228. The van der Waals surface area contributed by atoms with Gasteiger partial charge in [-0.1, -0.05) is 60.8 Å². The van der Waals surface area contributed by atoms with Crippen molar-refractivity contribution in [3.8, 4) is 0 Å².